The van der Waals surface area contributed by atoms with Gasteiger partial charge in [0, 0.05) is 12.2 Å². The summed E-state index contributed by atoms with van der Waals surface area (Å²) in [5.41, 5.74) is 5.24. The second kappa shape index (κ2) is 4.04. The molecule has 0 saturated heterocycles. The summed E-state index contributed by atoms with van der Waals surface area (Å²) in [7, 11) is 0. The van der Waals surface area contributed by atoms with Gasteiger partial charge in [0.05, 0.1) is 0 Å². The molecule has 15 heavy (non-hydrogen) atoms. The molecule has 84 valence electrons. The summed E-state index contributed by atoms with van der Waals surface area (Å²) < 4.78 is 26.6. The minimum absolute atomic E-state index is 0.0414. The number of hydrogen-bond donors (Lipinski definition) is 2. The summed E-state index contributed by atoms with van der Waals surface area (Å²) in [6, 6.07) is 2.21. The first-order valence-corrected chi connectivity index (χ1v) is 4.78. The molecule has 3 N–H and O–H groups in total. The molecule has 0 saturated carbocycles. The van der Waals surface area contributed by atoms with E-state index in [1.165, 1.54) is 0 Å². The highest BCUT2D eigenvalue weighted by Gasteiger charge is 2.14. The van der Waals surface area contributed by atoms with Crippen molar-refractivity contribution in [2.75, 3.05) is 17.6 Å². The zero-order chi connectivity index (χ0) is 11.6. The van der Waals surface area contributed by atoms with Crippen molar-refractivity contribution >= 4 is 11.4 Å². The first-order chi connectivity index (χ1) is 6.79. The Bertz CT molecular complexity index is 333. The van der Waals surface area contributed by atoms with Crippen LogP contribution >= 0.6 is 0 Å². The predicted molar refractivity (Wildman–Crippen MR) is 58.7 cm³/mol. The molecule has 0 fully saturated rings. The van der Waals surface area contributed by atoms with Crippen LogP contribution in [0, 0.1) is 17.0 Å². The third-order valence-electron chi connectivity index (χ3n) is 1.86. The Hall–Kier alpha value is -1.32. The quantitative estimate of drug-likeness (QED) is 0.743. The van der Waals surface area contributed by atoms with E-state index in [-0.39, 0.29) is 16.8 Å². The van der Waals surface area contributed by atoms with Crippen molar-refractivity contribution in [2.24, 2.45) is 5.41 Å². The van der Waals surface area contributed by atoms with Gasteiger partial charge in [-0.25, -0.2) is 8.78 Å². The predicted octanol–water partition coefficient (Wildman–Crippen LogP) is 3.00. The van der Waals surface area contributed by atoms with Gasteiger partial charge in [0.25, 0.3) is 0 Å². The zero-order valence-corrected chi connectivity index (χ0v) is 9.20. The van der Waals surface area contributed by atoms with Crippen LogP contribution in [0.4, 0.5) is 20.2 Å². The SMILES string of the molecule is CC(C)(C)CNc1c(F)cc(N)cc1F. The summed E-state index contributed by atoms with van der Waals surface area (Å²) in [5, 5.41) is 2.74. The molecule has 0 unspecified atom stereocenters. The number of nitrogens with one attached hydrogen (secondary N) is 1. The van der Waals surface area contributed by atoms with Gasteiger partial charge in [-0.3, -0.25) is 0 Å². The normalized spacial score (nSPS) is 11.5. The number of benzene rings is 1. The second-order valence-corrected chi connectivity index (χ2v) is 4.77. The number of hydrogen-bond acceptors (Lipinski definition) is 2. The topological polar surface area (TPSA) is 38.0 Å². The van der Waals surface area contributed by atoms with E-state index < -0.39 is 11.6 Å². The number of anilines is 2. The zero-order valence-electron chi connectivity index (χ0n) is 9.20. The summed E-state index contributed by atoms with van der Waals surface area (Å²) >= 11 is 0. The highest BCUT2D eigenvalue weighted by atomic mass is 19.1. The van der Waals surface area contributed by atoms with E-state index >= 15 is 0 Å². The lowest BCUT2D eigenvalue weighted by molar-refractivity contribution is 0.440. The fourth-order valence-electron chi connectivity index (χ4n) is 1.12. The minimum atomic E-state index is -0.656. The molecule has 2 nitrogen and oxygen atoms in total. The fraction of sp³-hybridized carbons (Fsp3) is 0.455. The molecule has 1 rings (SSSR count). The Morgan fingerprint density at radius 1 is 1.20 bits per heavy atom. The van der Waals surface area contributed by atoms with Gasteiger partial charge in [0.1, 0.15) is 5.69 Å². The van der Waals surface area contributed by atoms with Gasteiger partial charge >= 0.3 is 0 Å². The van der Waals surface area contributed by atoms with Gasteiger partial charge in [-0.1, -0.05) is 20.8 Å². The maximum absolute atomic E-state index is 13.3. The fourth-order valence-corrected chi connectivity index (χ4v) is 1.12. The van der Waals surface area contributed by atoms with E-state index in [9.17, 15) is 8.78 Å². The van der Waals surface area contributed by atoms with Gasteiger partial charge in [-0.15, -0.1) is 0 Å². The van der Waals surface area contributed by atoms with Crippen LogP contribution in [0.3, 0.4) is 0 Å². The van der Waals surface area contributed by atoms with Crippen LogP contribution in [0.2, 0.25) is 0 Å². The average molecular weight is 214 g/mol. The molecule has 0 aliphatic heterocycles. The Morgan fingerprint density at radius 2 is 1.67 bits per heavy atom. The molecule has 0 amide bonds. The maximum atomic E-state index is 13.3. The third kappa shape index (κ3) is 3.38. The molecular weight excluding hydrogens is 198 g/mol. The molecule has 0 aromatic heterocycles. The molecule has 0 aliphatic rings. The summed E-state index contributed by atoms with van der Waals surface area (Å²) in [5.74, 6) is -1.31. The Morgan fingerprint density at radius 3 is 2.07 bits per heavy atom. The van der Waals surface area contributed by atoms with Crippen LogP contribution in [0.25, 0.3) is 0 Å². The molecule has 0 aliphatic carbocycles. The van der Waals surface area contributed by atoms with Crippen LogP contribution in [-0.4, -0.2) is 6.54 Å². The summed E-state index contributed by atoms with van der Waals surface area (Å²) in [6.45, 7) is 6.43. The molecular formula is C11H16F2N2. The van der Waals surface area contributed by atoms with E-state index in [4.69, 9.17) is 5.73 Å². The summed E-state index contributed by atoms with van der Waals surface area (Å²) in [6.07, 6.45) is 0. The van der Waals surface area contributed by atoms with Gasteiger partial charge in [-0.2, -0.15) is 0 Å². The van der Waals surface area contributed by atoms with Crippen molar-refractivity contribution in [3.8, 4) is 0 Å². The van der Waals surface area contributed by atoms with Crippen LogP contribution in [0.1, 0.15) is 20.8 Å². The summed E-state index contributed by atoms with van der Waals surface area (Å²) in [4.78, 5) is 0. The van der Waals surface area contributed by atoms with Crippen LogP contribution in [0.5, 0.6) is 0 Å². The van der Waals surface area contributed by atoms with Crippen LogP contribution in [-0.2, 0) is 0 Å². The maximum Gasteiger partial charge on any atom is 0.151 e. The molecule has 1 aromatic rings. The Kier molecular flexibility index (Phi) is 3.17. The van der Waals surface area contributed by atoms with Gasteiger partial charge < -0.3 is 11.1 Å². The van der Waals surface area contributed by atoms with Crippen molar-refractivity contribution < 1.29 is 8.78 Å². The van der Waals surface area contributed by atoms with Crippen LogP contribution in [0.15, 0.2) is 12.1 Å². The van der Waals surface area contributed by atoms with Gasteiger partial charge in [-0.05, 0) is 17.5 Å². The van der Waals surface area contributed by atoms with Crippen molar-refractivity contribution in [3.05, 3.63) is 23.8 Å². The lowest BCUT2D eigenvalue weighted by atomic mass is 9.97. The Labute approximate surface area is 88.5 Å². The first-order valence-electron chi connectivity index (χ1n) is 4.78. The van der Waals surface area contributed by atoms with E-state index in [0.717, 1.165) is 12.1 Å². The highest BCUT2D eigenvalue weighted by Crippen LogP contribution is 2.23. The van der Waals surface area contributed by atoms with E-state index in [2.05, 4.69) is 5.32 Å². The third-order valence-corrected chi connectivity index (χ3v) is 1.86. The van der Waals surface area contributed by atoms with Crippen molar-refractivity contribution in [2.45, 2.75) is 20.8 Å². The van der Waals surface area contributed by atoms with E-state index in [1.807, 2.05) is 20.8 Å². The van der Waals surface area contributed by atoms with Crippen molar-refractivity contribution in [1.29, 1.82) is 0 Å². The van der Waals surface area contributed by atoms with Crippen LogP contribution < -0.4 is 11.1 Å². The molecule has 0 bridgehead atoms. The molecule has 1 aromatic carbocycles. The monoisotopic (exact) mass is 214 g/mol. The van der Waals surface area contributed by atoms with E-state index in [1.54, 1.807) is 0 Å². The number of rotatable bonds is 2. The molecule has 0 heterocycles. The van der Waals surface area contributed by atoms with E-state index in [0.29, 0.717) is 6.54 Å². The standard InChI is InChI=1S/C11H16F2N2/c1-11(2,3)6-15-10-8(12)4-7(14)5-9(10)13/h4-5,15H,6,14H2,1-3H3. The molecule has 0 atom stereocenters. The largest absolute Gasteiger partial charge is 0.399 e. The average Bonchev–Trinajstić information content (AvgIpc) is 1.99. The first kappa shape index (κ1) is 11.8. The smallest absolute Gasteiger partial charge is 0.151 e. The minimum Gasteiger partial charge on any atom is -0.399 e. The Balaban J connectivity index is 2.86. The number of nitrogen functional groups attached to an aromatic ring is 1. The lowest BCUT2D eigenvalue weighted by Crippen LogP contribution is -2.20. The lowest BCUT2D eigenvalue weighted by Gasteiger charge is -2.20. The van der Waals surface area contributed by atoms with Crippen molar-refractivity contribution in [3.63, 3.8) is 0 Å². The molecule has 4 heteroatoms. The van der Waals surface area contributed by atoms with Gasteiger partial charge in [0.2, 0.25) is 0 Å². The molecule has 0 spiro atoms. The number of halogens is 2. The van der Waals surface area contributed by atoms with Crippen molar-refractivity contribution in [1.82, 2.24) is 0 Å². The highest BCUT2D eigenvalue weighted by molar-refractivity contribution is 5.54. The second-order valence-electron chi connectivity index (χ2n) is 4.77. The molecule has 0 radical (unpaired) electrons. The number of nitrogens with two attached hydrogens (primary N) is 1. The van der Waals surface area contributed by atoms with Gasteiger partial charge in [0.15, 0.2) is 11.6 Å².